The third-order valence-corrected chi connectivity index (χ3v) is 4.03. The van der Waals surface area contributed by atoms with Crippen LogP contribution in [0.5, 0.6) is 0 Å². The minimum Gasteiger partial charge on any atom is -1.00 e. The van der Waals surface area contributed by atoms with Crippen LogP contribution in [0.4, 0.5) is 5.69 Å². The van der Waals surface area contributed by atoms with Crippen molar-refractivity contribution in [2.24, 2.45) is 0 Å². The summed E-state index contributed by atoms with van der Waals surface area (Å²) in [5.74, 6) is 0.592. The second kappa shape index (κ2) is 6.79. The molecule has 3 rings (SSSR count). The van der Waals surface area contributed by atoms with Crippen molar-refractivity contribution in [3.8, 4) is 17.1 Å². The summed E-state index contributed by atoms with van der Waals surface area (Å²) in [6.45, 7) is 0. The fraction of sp³-hybridized carbons (Fsp3) is 0. The van der Waals surface area contributed by atoms with E-state index in [0.29, 0.717) is 15.1 Å². The van der Waals surface area contributed by atoms with Crippen molar-refractivity contribution in [3.63, 3.8) is 0 Å². The summed E-state index contributed by atoms with van der Waals surface area (Å²) in [5.41, 5.74) is 1.55. The largest absolute Gasteiger partial charge is 1.00 e. The molecular weight excluding hydrogens is 421 g/mol. The van der Waals surface area contributed by atoms with Gasteiger partial charge >= 0.3 is 5.82 Å². The molecule has 0 aliphatic heterocycles. The summed E-state index contributed by atoms with van der Waals surface area (Å²) in [6, 6.07) is 14.4. The Morgan fingerprint density at radius 1 is 1.14 bits per heavy atom. The highest BCUT2D eigenvalue weighted by Crippen LogP contribution is 2.25. The highest BCUT2D eigenvalue weighted by Gasteiger charge is 2.24. The maximum atomic E-state index is 11.0. The average Bonchev–Trinajstić information content (AvgIpc) is 2.97. The molecule has 2 aromatic carbocycles. The molecule has 1 aromatic heterocycles. The first kappa shape index (κ1) is 16.3. The van der Waals surface area contributed by atoms with Crippen molar-refractivity contribution in [1.82, 2.24) is 15.5 Å². The van der Waals surface area contributed by atoms with Gasteiger partial charge in [0.05, 0.1) is 10.5 Å². The van der Waals surface area contributed by atoms with Crippen molar-refractivity contribution >= 4 is 28.3 Å². The molecule has 0 atom stereocenters. The molecule has 1 N–H and O–H groups in total. The Bertz CT molecular complexity index is 809. The predicted molar refractivity (Wildman–Crippen MR) is 82.7 cm³/mol. The van der Waals surface area contributed by atoms with Gasteiger partial charge in [0.1, 0.15) is 14.4 Å². The van der Waals surface area contributed by atoms with Gasteiger partial charge in [-0.1, -0.05) is 29.5 Å². The second-order valence-electron chi connectivity index (χ2n) is 4.19. The van der Waals surface area contributed by atoms with E-state index < -0.39 is 4.92 Å². The Hall–Kier alpha value is -2.07. The minimum atomic E-state index is -0.405. The molecular formula is C13H9ClIN5O2. The Morgan fingerprint density at radius 3 is 2.55 bits per heavy atom. The van der Waals surface area contributed by atoms with Crippen molar-refractivity contribution in [2.75, 3.05) is 0 Å². The normalized spacial score (nSPS) is 10.0. The van der Waals surface area contributed by atoms with Gasteiger partial charge in [-0.15, -0.1) is 4.68 Å². The molecule has 0 fully saturated rings. The number of halogens is 2. The van der Waals surface area contributed by atoms with E-state index in [2.05, 4.69) is 15.5 Å². The third-order valence-electron chi connectivity index (χ3n) is 2.93. The number of aromatic amines is 1. The van der Waals surface area contributed by atoms with Crippen LogP contribution >= 0.6 is 22.6 Å². The van der Waals surface area contributed by atoms with Crippen molar-refractivity contribution < 1.29 is 22.0 Å². The van der Waals surface area contributed by atoms with Crippen molar-refractivity contribution in [1.29, 1.82) is 0 Å². The molecule has 0 aliphatic rings. The molecule has 0 saturated carbocycles. The molecule has 0 amide bonds. The number of nitrogens with zero attached hydrogens (tertiary/aromatic N) is 4. The van der Waals surface area contributed by atoms with Crippen LogP contribution in [0.2, 0.25) is 0 Å². The van der Waals surface area contributed by atoms with E-state index in [1.54, 1.807) is 16.8 Å². The van der Waals surface area contributed by atoms with E-state index in [-0.39, 0.29) is 18.1 Å². The van der Waals surface area contributed by atoms with Gasteiger partial charge in [-0.25, -0.2) is 0 Å². The van der Waals surface area contributed by atoms with Crippen LogP contribution in [0.3, 0.4) is 0 Å². The lowest BCUT2D eigenvalue weighted by Crippen LogP contribution is -3.00. The fourth-order valence-electron chi connectivity index (χ4n) is 1.97. The second-order valence-corrected chi connectivity index (χ2v) is 5.27. The lowest BCUT2D eigenvalue weighted by molar-refractivity contribution is -0.650. The Kier molecular flexibility index (Phi) is 5.03. The molecule has 1 heterocycles. The van der Waals surface area contributed by atoms with Crippen LogP contribution in [-0.2, 0) is 0 Å². The van der Waals surface area contributed by atoms with E-state index >= 15 is 0 Å². The Labute approximate surface area is 145 Å². The summed E-state index contributed by atoms with van der Waals surface area (Å²) in [7, 11) is 0. The molecule has 0 aliphatic carbocycles. The third kappa shape index (κ3) is 2.92. The molecule has 112 valence electrons. The van der Waals surface area contributed by atoms with Crippen LogP contribution in [0.25, 0.3) is 17.1 Å². The van der Waals surface area contributed by atoms with Crippen LogP contribution in [-0.4, -0.2) is 20.4 Å². The average molecular weight is 430 g/mol. The number of tetrazole rings is 1. The number of aromatic nitrogens is 4. The van der Waals surface area contributed by atoms with E-state index in [1.807, 2.05) is 52.9 Å². The van der Waals surface area contributed by atoms with E-state index in [0.717, 1.165) is 5.56 Å². The number of rotatable bonds is 3. The van der Waals surface area contributed by atoms with Gasteiger partial charge in [-0.3, -0.25) is 10.1 Å². The summed E-state index contributed by atoms with van der Waals surface area (Å²) < 4.78 is 2.15. The number of hydrogen-bond donors (Lipinski definition) is 1. The molecule has 0 radical (unpaired) electrons. The van der Waals surface area contributed by atoms with Gasteiger partial charge in [0.25, 0.3) is 5.69 Å². The van der Waals surface area contributed by atoms with Crippen LogP contribution in [0, 0.1) is 13.7 Å². The first-order chi connectivity index (χ1) is 10.2. The Balaban J connectivity index is 0.00000176. The quantitative estimate of drug-likeness (QED) is 0.257. The number of nitro groups is 1. The van der Waals surface area contributed by atoms with E-state index in [1.165, 1.54) is 6.07 Å². The fourth-order valence-corrected chi connectivity index (χ4v) is 2.77. The molecule has 0 spiro atoms. The number of nitrogens with one attached hydrogen (secondary N) is 1. The van der Waals surface area contributed by atoms with Crippen molar-refractivity contribution in [3.05, 3.63) is 62.2 Å². The highest BCUT2D eigenvalue weighted by atomic mass is 127. The number of benzene rings is 2. The summed E-state index contributed by atoms with van der Waals surface area (Å²) in [6.07, 6.45) is 0. The molecule has 3 aromatic rings. The van der Waals surface area contributed by atoms with Gasteiger partial charge in [0.2, 0.25) is 0 Å². The maximum absolute atomic E-state index is 11.0. The van der Waals surface area contributed by atoms with Gasteiger partial charge in [-0.2, -0.15) is 0 Å². The van der Waals surface area contributed by atoms with E-state index in [9.17, 15) is 10.1 Å². The highest BCUT2D eigenvalue weighted by molar-refractivity contribution is 14.1. The summed E-state index contributed by atoms with van der Waals surface area (Å²) in [5, 5.41) is 21.7. The smallest absolute Gasteiger partial charge is 0.337 e. The Morgan fingerprint density at radius 2 is 1.86 bits per heavy atom. The lowest BCUT2D eigenvalue weighted by Gasteiger charge is -2.02. The SMILES string of the molecule is O=[N+]([O-])c1cccc(-[n+]2[nH]nnc2-c2ccccc2)c1I.[Cl-]. The monoisotopic (exact) mass is 429 g/mol. The minimum absolute atomic E-state index is 0. The number of H-pyrrole nitrogens is 1. The number of hydrogen-bond acceptors (Lipinski definition) is 4. The maximum Gasteiger partial charge on any atom is 0.337 e. The van der Waals surface area contributed by atoms with Crippen LogP contribution < -0.4 is 17.1 Å². The lowest BCUT2D eigenvalue weighted by atomic mass is 10.2. The standard InChI is InChI=1S/C13H8IN5O2.ClH/c14-12-10(7-4-8-11(12)19(20)21)18-13(15-16-17-18)9-5-2-1-3-6-9;/h1-8H;1H. The first-order valence-electron chi connectivity index (χ1n) is 6.00. The molecule has 0 bridgehead atoms. The van der Waals surface area contributed by atoms with Crippen LogP contribution in [0.1, 0.15) is 0 Å². The summed E-state index contributed by atoms with van der Waals surface area (Å²) >= 11 is 1.96. The molecule has 22 heavy (non-hydrogen) atoms. The van der Waals surface area contributed by atoms with Gasteiger partial charge in [-0.05, 0) is 40.8 Å². The zero-order chi connectivity index (χ0) is 14.8. The predicted octanol–water partition coefficient (Wildman–Crippen LogP) is -0.735. The molecule has 0 unspecified atom stereocenters. The zero-order valence-corrected chi connectivity index (χ0v) is 13.9. The topological polar surface area (TPSA) is 88.6 Å². The van der Waals surface area contributed by atoms with Gasteiger partial charge in [0, 0.05) is 6.07 Å². The number of nitro benzene ring substituents is 1. The van der Waals surface area contributed by atoms with Gasteiger partial charge < -0.3 is 12.4 Å². The van der Waals surface area contributed by atoms with Crippen molar-refractivity contribution in [2.45, 2.75) is 0 Å². The molecule has 0 saturated heterocycles. The van der Waals surface area contributed by atoms with Gasteiger partial charge in [0.15, 0.2) is 5.21 Å². The van der Waals surface area contributed by atoms with E-state index in [4.69, 9.17) is 0 Å². The molecule has 9 heteroatoms. The summed E-state index contributed by atoms with van der Waals surface area (Å²) in [4.78, 5) is 10.6. The molecule has 7 nitrogen and oxygen atoms in total. The van der Waals surface area contributed by atoms with Crippen LogP contribution in [0.15, 0.2) is 48.5 Å². The first-order valence-corrected chi connectivity index (χ1v) is 7.08. The zero-order valence-electron chi connectivity index (χ0n) is 11.0.